The first-order valence-electron chi connectivity index (χ1n) is 10.2. The Morgan fingerprint density at radius 2 is 1.87 bits per heavy atom. The van der Waals surface area contributed by atoms with Gasteiger partial charge in [-0.05, 0) is 47.4 Å². The van der Waals surface area contributed by atoms with E-state index < -0.39 is 10.0 Å². The SMILES string of the molecule is CC(=O)N1N=C(c2ccc3c(c2)CCN3S(C)(=O)=O)CC1c1ccc2c(c1)OCCO2. The molecule has 0 radical (unpaired) electrons. The summed E-state index contributed by atoms with van der Waals surface area (Å²) in [4.78, 5) is 12.3. The molecule has 0 saturated carbocycles. The lowest BCUT2D eigenvalue weighted by molar-refractivity contribution is -0.130. The van der Waals surface area contributed by atoms with Gasteiger partial charge in [-0.1, -0.05) is 12.1 Å². The minimum atomic E-state index is -3.29. The van der Waals surface area contributed by atoms with Crippen LogP contribution in [0, 0.1) is 0 Å². The fourth-order valence-corrected chi connectivity index (χ4v) is 5.36. The van der Waals surface area contributed by atoms with E-state index in [2.05, 4.69) is 5.10 Å². The van der Waals surface area contributed by atoms with Crippen molar-refractivity contribution in [2.75, 3.05) is 30.3 Å². The Bertz CT molecular complexity index is 1210. The van der Waals surface area contributed by atoms with Crippen LogP contribution in [0.3, 0.4) is 0 Å². The highest BCUT2D eigenvalue weighted by atomic mass is 32.2. The standard InChI is InChI=1S/C22H23N3O5S/c1-14(26)25-20(16-4-6-21-22(12-16)30-10-9-29-21)13-18(23-25)15-3-5-19-17(11-15)7-8-24(19)31(2,27)28/h3-6,11-12,20H,7-10,13H2,1-2H3. The Morgan fingerprint density at radius 1 is 1.10 bits per heavy atom. The number of hydrogen-bond acceptors (Lipinski definition) is 6. The summed E-state index contributed by atoms with van der Waals surface area (Å²) in [6, 6.07) is 11.2. The lowest BCUT2D eigenvalue weighted by Crippen LogP contribution is -2.27. The van der Waals surface area contributed by atoms with Crippen molar-refractivity contribution in [1.82, 2.24) is 5.01 Å². The third kappa shape index (κ3) is 3.52. The van der Waals surface area contributed by atoms with Gasteiger partial charge >= 0.3 is 0 Å². The molecule has 0 aliphatic carbocycles. The Labute approximate surface area is 181 Å². The van der Waals surface area contributed by atoms with Crippen LogP contribution in [0.2, 0.25) is 0 Å². The van der Waals surface area contributed by atoms with E-state index in [9.17, 15) is 13.2 Å². The van der Waals surface area contributed by atoms with Gasteiger partial charge in [-0.2, -0.15) is 5.10 Å². The number of hydrazone groups is 1. The van der Waals surface area contributed by atoms with Crippen LogP contribution in [-0.4, -0.2) is 51.1 Å². The number of carbonyl (C=O) groups excluding carboxylic acids is 1. The Hall–Kier alpha value is -3.07. The molecule has 3 heterocycles. The second kappa shape index (κ2) is 7.26. The fraction of sp³-hybridized carbons (Fsp3) is 0.364. The molecule has 1 amide bonds. The molecule has 2 aromatic carbocycles. The van der Waals surface area contributed by atoms with Gasteiger partial charge in [0.2, 0.25) is 15.9 Å². The van der Waals surface area contributed by atoms with E-state index in [4.69, 9.17) is 9.47 Å². The molecular weight excluding hydrogens is 418 g/mol. The van der Waals surface area contributed by atoms with Crippen LogP contribution in [0.25, 0.3) is 0 Å². The number of nitrogens with zero attached hydrogens (tertiary/aromatic N) is 3. The molecule has 3 aliphatic heterocycles. The summed E-state index contributed by atoms with van der Waals surface area (Å²) < 4.78 is 36.7. The van der Waals surface area contributed by atoms with Gasteiger partial charge < -0.3 is 9.47 Å². The van der Waals surface area contributed by atoms with E-state index in [1.165, 1.54) is 22.5 Å². The highest BCUT2D eigenvalue weighted by molar-refractivity contribution is 7.92. The number of hydrogen-bond donors (Lipinski definition) is 0. The summed E-state index contributed by atoms with van der Waals surface area (Å²) >= 11 is 0. The lowest BCUT2D eigenvalue weighted by atomic mass is 9.96. The molecule has 0 N–H and O–H groups in total. The molecule has 3 aliphatic rings. The van der Waals surface area contributed by atoms with Crippen molar-refractivity contribution in [1.29, 1.82) is 0 Å². The molecule has 0 fully saturated rings. The van der Waals surface area contributed by atoms with Crippen molar-refractivity contribution in [2.45, 2.75) is 25.8 Å². The molecule has 1 atom stereocenters. The van der Waals surface area contributed by atoms with Gasteiger partial charge in [0, 0.05) is 19.9 Å². The molecule has 31 heavy (non-hydrogen) atoms. The fourth-order valence-electron chi connectivity index (χ4n) is 4.40. The van der Waals surface area contributed by atoms with Crippen molar-refractivity contribution in [3.8, 4) is 11.5 Å². The quantitative estimate of drug-likeness (QED) is 0.730. The number of amides is 1. The maximum Gasteiger partial charge on any atom is 0.240 e. The third-order valence-electron chi connectivity index (χ3n) is 5.85. The van der Waals surface area contributed by atoms with Gasteiger partial charge in [-0.15, -0.1) is 0 Å². The van der Waals surface area contributed by atoms with E-state index in [-0.39, 0.29) is 11.9 Å². The summed E-state index contributed by atoms with van der Waals surface area (Å²) in [6.45, 7) is 2.98. The summed E-state index contributed by atoms with van der Waals surface area (Å²) in [5.41, 5.74) is 4.33. The topological polar surface area (TPSA) is 88.5 Å². The van der Waals surface area contributed by atoms with Crippen molar-refractivity contribution in [2.24, 2.45) is 5.10 Å². The number of benzene rings is 2. The first kappa shape index (κ1) is 19.9. The van der Waals surface area contributed by atoms with E-state index in [1.54, 1.807) is 0 Å². The van der Waals surface area contributed by atoms with E-state index >= 15 is 0 Å². The minimum absolute atomic E-state index is 0.140. The Morgan fingerprint density at radius 3 is 2.61 bits per heavy atom. The van der Waals surface area contributed by atoms with Gasteiger partial charge in [-0.25, -0.2) is 13.4 Å². The van der Waals surface area contributed by atoms with Gasteiger partial charge in [0.1, 0.15) is 13.2 Å². The first-order chi connectivity index (χ1) is 14.8. The highest BCUT2D eigenvalue weighted by Gasteiger charge is 2.33. The van der Waals surface area contributed by atoms with Crippen LogP contribution >= 0.6 is 0 Å². The minimum Gasteiger partial charge on any atom is -0.486 e. The molecule has 162 valence electrons. The maximum absolute atomic E-state index is 12.3. The molecule has 0 saturated heterocycles. The monoisotopic (exact) mass is 441 g/mol. The zero-order valence-electron chi connectivity index (χ0n) is 17.4. The number of fused-ring (bicyclic) bond motifs is 2. The van der Waals surface area contributed by atoms with Crippen LogP contribution in [0.15, 0.2) is 41.5 Å². The van der Waals surface area contributed by atoms with E-state index in [1.807, 2.05) is 36.4 Å². The van der Waals surface area contributed by atoms with Crippen molar-refractivity contribution in [3.63, 3.8) is 0 Å². The van der Waals surface area contributed by atoms with Crippen LogP contribution in [0.1, 0.15) is 36.1 Å². The third-order valence-corrected chi connectivity index (χ3v) is 7.03. The molecular formula is C22H23N3O5S. The molecule has 0 aromatic heterocycles. The molecule has 8 nitrogen and oxygen atoms in total. The predicted molar refractivity (Wildman–Crippen MR) is 116 cm³/mol. The van der Waals surface area contributed by atoms with Crippen LogP contribution in [0.5, 0.6) is 11.5 Å². The zero-order valence-corrected chi connectivity index (χ0v) is 18.2. The molecule has 1 unspecified atom stereocenters. The van der Waals surface area contributed by atoms with Gasteiger partial charge in [0.15, 0.2) is 11.5 Å². The summed E-state index contributed by atoms with van der Waals surface area (Å²) in [6.07, 6.45) is 2.44. The number of anilines is 1. The summed E-state index contributed by atoms with van der Waals surface area (Å²) in [5.74, 6) is 1.25. The number of rotatable bonds is 3. The van der Waals surface area contributed by atoms with E-state index in [0.717, 1.165) is 28.1 Å². The molecule has 5 rings (SSSR count). The predicted octanol–water partition coefficient (Wildman–Crippen LogP) is 2.48. The second-order valence-corrected chi connectivity index (χ2v) is 9.87. The van der Waals surface area contributed by atoms with Gasteiger partial charge in [0.05, 0.1) is 23.7 Å². The highest BCUT2D eigenvalue weighted by Crippen LogP contribution is 2.39. The lowest BCUT2D eigenvalue weighted by Gasteiger charge is -2.23. The van der Waals surface area contributed by atoms with Crippen LogP contribution in [-0.2, 0) is 21.2 Å². The van der Waals surface area contributed by atoms with E-state index in [0.29, 0.717) is 44.1 Å². The number of ether oxygens (including phenoxy) is 2. The molecule has 9 heteroatoms. The van der Waals surface area contributed by atoms with Crippen LogP contribution < -0.4 is 13.8 Å². The zero-order chi connectivity index (χ0) is 21.8. The molecule has 0 bridgehead atoms. The van der Waals surface area contributed by atoms with Gasteiger partial charge in [0.25, 0.3) is 0 Å². The van der Waals surface area contributed by atoms with Crippen molar-refractivity contribution >= 4 is 27.3 Å². The van der Waals surface area contributed by atoms with Crippen molar-refractivity contribution in [3.05, 3.63) is 53.1 Å². The largest absolute Gasteiger partial charge is 0.486 e. The smallest absolute Gasteiger partial charge is 0.240 e. The second-order valence-electron chi connectivity index (χ2n) is 7.96. The van der Waals surface area contributed by atoms with Gasteiger partial charge in [-0.3, -0.25) is 9.10 Å². The average molecular weight is 442 g/mol. The average Bonchev–Trinajstić information content (AvgIpc) is 3.37. The number of sulfonamides is 1. The summed E-state index contributed by atoms with van der Waals surface area (Å²) in [7, 11) is -3.29. The van der Waals surface area contributed by atoms with Crippen LogP contribution in [0.4, 0.5) is 5.69 Å². The first-order valence-corrected chi connectivity index (χ1v) is 12.0. The Kier molecular flexibility index (Phi) is 4.65. The normalized spacial score (nSPS) is 19.9. The Balaban J connectivity index is 1.45. The maximum atomic E-state index is 12.3. The van der Waals surface area contributed by atoms with Crippen molar-refractivity contribution < 1.29 is 22.7 Å². The molecule has 2 aromatic rings. The number of carbonyl (C=O) groups is 1. The molecule has 0 spiro atoms. The summed E-state index contributed by atoms with van der Waals surface area (Å²) in [5, 5.41) is 6.13.